The molecule has 3 N–H and O–H groups in total. The zero-order chi connectivity index (χ0) is 13.8. The van der Waals surface area contributed by atoms with Gasteiger partial charge >= 0.3 is 0 Å². The molecule has 0 aromatic heterocycles. The summed E-state index contributed by atoms with van der Waals surface area (Å²) < 4.78 is 0. The average Bonchev–Trinajstić information content (AvgIpc) is 2.93. The molecule has 0 atom stereocenters. The maximum atomic E-state index is 11.9. The summed E-state index contributed by atoms with van der Waals surface area (Å²) in [4.78, 5) is 25.5. The van der Waals surface area contributed by atoms with Crippen molar-refractivity contribution in [1.82, 2.24) is 10.2 Å². The molecule has 5 nitrogen and oxygen atoms in total. The Hall–Kier alpha value is -1.75. The lowest BCUT2D eigenvalue weighted by molar-refractivity contribution is -0.129. The van der Waals surface area contributed by atoms with Crippen LogP contribution in [0.1, 0.15) is 23.2 Å². The lowest BCUT2D eigenvalue weighted by Crippen LogP contribution is -2.38. The normalized spacial score (nSPS) is 14.5. The van der Waals surface area contributed by atoms with Gasteiger partial charge in [-0.1, -0.05) is 17.7 Å². The van der Waals surface area contributed by atoms with Crippen LogP contribution in [0.5, 0.6) is 0 Å². The van der Waals surface area contributed by atoms with E-state index in [1.165, 1.54) is 0 Å². The van der Waals surface area contributed by atoms with Crippen LogP contribution in [-0.2, 0) is 4.79 Å². The number of halogens is 1. The fourth-order valence-electron chi connectivity index (χ4n) is 2.06. The third-order valence-electron chi connectivity index (χ3n) is 3.16. The number of hydrogen-bond acceptors (Lipinski definition) is 3. The molecule has 1 fully saturated rings. The Balaban J connectivity index is 1.94. The summed E-state index contributed by atoms with van der Waals surface area (Å²) in [5.41, 5.74) is 6.25. The smallest absolute Gasteiger partial charge is 0.253 e. The number of likely N-dealkylation sites (tertiary alicyclic amines) is 1. The molecule has 0 spiro atoms. The van der Waals surface area contributed by atoms with Crippen molar-refractivity contribution in [1.29, 1.82) is 0 Å². The second-order valence-electron chi connectivity index (χ2n) is 4.47. The molecule has 19 heavy (non-hydrogen) atoms. The number of amides is 2. The molecule has 1 aromatic rings. The van der Waals surface area contributed by atoms with Crippen LogP contribution in [0.3, 0.4) is 0 Å². The molecule has 1 saturated heterocycles. The van der Waals surface area contributed by atoms with Gasteiger partial charge in [0.1, 0.15) is 0 Å². The lowest BCUT2D eigenvalue weighted by Gasteiger charge is -2.15. The quantitative estimate of drug-likeness (QED) is 0.820. The van der Waals surface area contributed by atoms with Crippen LogP contribution >= 0.6 is 11.6 Å². The molecule has 102 valence electrons. The number of anilines is 1. The Morgan fingerprint density at radius 1 is 1.32 bits per heavy atom. The molecule has 2 amide bonds. The van der Waals surface area contributed by atoms with E-state index < -0.39 is 0 Å². The van der Waals surface area contributed by atoms with Crippen molar-refractivity contribution in [2.45, 2.75) is 12.8 Å². The SMILES string of the molecule is Nc1c(Cl)cccc1C(=O)NCC(=O)N1CCCC1. The van der Waals surface area contributed by atoms with Gasteiger partial charge in [-0.15, -0.1) is 0 Å². The number of nitrogens with zero attached hydrogens (tertiary/aromatic N) is 1. The summed E-state index contributed by atoms with van der Waals surface area (Å²) in [5, 5.41) is 2.91. The number of carbonyl (C=O) groups is 2. The van der Waals surface area contributed by atoms with Gasteiger partial charge in [-0.3, -0.25) is 9.59 Å². The van der Waals surface area contributed by atoms with E-state index in [1.54, 1.807) is 23.1 Å². The molecule has 1 aromatic carbocycles. The summed E-state index contributed by atoms with van der Waals surface area (Å²) in [6.07, 6.45) is 2.06. The molecule has 0 aliphatic carbocycles. The molecular weight excluding hydrogens is 266 g/mol. The number of nitrogen functional groups attached to an aromatic ring is 1. The summed E-state index contributed by atoms with van der Waals surface area (Å²) >= 11 is 5.84. The summed E-state index contributed by atoms with van der Waals surface area (Å²) in [7, 11) is 0. The fourth-order valence-corrected chi connectivity index (χ4v) is 2.24. The zero-order valence-electron chi connectivity index (χ0n) is 10.5. The largest absolute Gasteiger partial charge is 0.397 e. The molecule has 1 heterocycles. The average molecular weight is 282 g/mol. The Morgan fingerprint density at radius 2 is 2.00 bits per heavy atom. The lowest BCUT2D eigenvalue weighted by atomic mass is 10.1. The van der Waals surface area contributed by atoms with Gasteiger partial charge in [0.25, 0.3) is 5.91 Å². The first-order valence-electron chi connectivity index (χ1n) is 6.19. The third kappa shape index (κ3) is 3.17. The van der Waals surface area contributed by atoms with Crippen LogP contribution in [0, 0.1) is 0 Å². The first-order valence-corrected chi connectivity index (χ1v) is 6.57. The first kappa shape index (κ1) is 13.7. The van der Waals surface area contributed by atoms with Crippen molar-refractivity contribution in [2.75, 3.05) is 25.4 Å². The number of para-hydroxylation sites is 1. The number of hydrogen-bond donors (Lipinski definition) is 2. The van der Waals surface area contributed by atoms with Crippen molar-refractivity contribution >= 4 is 29.1 Å². The molecule has 2 rings (SSSR count). The third-order valence-corrected chi connectivity index (χ3v) is 3.49. The van der Waals surface area contributed by atoms with Crippen molar-refractivity contribution in [3.63, 3.8) is 0 Å². The summed E-state index contributed by atoms with van der Waals surface area (Å²) in [6, 6.07) is 4.84. The van der Waals surface area contributed by atoms with Crippen LogP contribution in [0.4, 0.5) is 5.69 Å². The molecule has 0 bridgehead atoms. The van der Waals surface area contributed by atoms with E-state index in [9.17, 15) is 9.59 Å². The summed E-state index contributed by atoms with van der Waals surface area (Å²) in [6.45, 7) is 1.53. The molecule has 0 saturated carbocycles. The first-order chi connectivity index (χ1) is 9.09. The van der Waals surface area contributed by atoms with Crippen LogP contribution < -0.4 is 11.1 Å². The van der Waals surface area contributed by atoms with E-state index in [0.29, 0.717) is 10.6 Å². The molecule has 0 radical (unpaired) electrons. The minimum atomic E-state index is -0.382. The highest BCUT2D eigenvalue weighted by Gasteiger charge is 2.19. The zero-order valence-corrected chi connectivity index (χ0v) is 11.2. The molecule has 0 unspecified atom stereocenters. The highest BCUT2D eigenvalue weighted by molar-refractivity contribution is 6.33. The maximum Gasteiger partial charge on any atom is 0.253 e. The predicted molar refractivity (Wildman–Crippen MR) is 74.0 cm³/mol. The van der Waals surface area contributed by atoms with Crippen LogP contribution in [0.2, 0.25) is 5.02 Å². The van der Waals surface area contributed by atoms with E-state index in [0.717, 1.165) is 25.9 Å². The van der Waals surface area contributed by atoms with Crippen LogP contribution in [0.15, 0.2) is 18.2 Å². The van der Waals surface area contributed by atoms with Crippen molar-refractivity contribution in [3.8, 4) is 0 Å². The van der Waals surface area contributed by atoms with Gasteiger partial charge in [-0.2, -0.15) is 0 Å². The highest BCUT2D eigenvalue weighted by atomic mass is 35.5. The number of benzene rings is 1. The second-order valence-corrected chi connectivity index (χ2v) is 4.88. The Morgan fingerprint density at radius 3 is 2.68 bits per heavy atom. The van der Waals surface area contributed by atoms with Gasteiger partial charge < -0.3 is 16.0 Å². The van der Waals surface area contributed by atoms with Gasteiger partial charge in [0.15, 0.2) is 0 Å². The number of nitrogens with one attached hydrogen (secondary N) is 1. The topological polar surface area (TPSA) is 75.4 Å². The molecule has 1 aliphatic rings. The second kappa shape index (κ2) is 5.93. The van der Waals surface area contributed by atoms with E-state index in [1.807, 2.05) is 0 Å². The molecular formula is C13H16ClN3O2. The van der Waals surface area contributed by atoms with Crippen LogP contribution in [0.25, 0.3) is 0 Å². The molecule has 6 heteroatoms. The minimum absolute atomic E-state index is 0.00914. The van der Waals surface area contributed by atoms with Crippen molar-refractivity contribution in [3.05, 3.63) is 28.8 Å². The van der Waals surface area contributed by atoms with Gasteiger partial charge in [0, 0.05) is 13.1 Å². The minimum Gasteiger partial charge on any atom is -0.397 e. The van der Waals surface area contributed by atoms with Gasteiger partial charge in [-0.25, -0.2) is 0 Å². The Labute approximate surface area is 116 Å². The van der Waals surface area contributed by atoms with Gasteiger partial charge in [-0.05, 0) is 25.0 Å². The number of nitrogens with two attached hydrogens (primary N) is 1. The Kier molecular flexibility index (Phi) is 4.27. The fraction of sp³-hybridized carbons (Fsp3) is 0.385. The number of rotatable bonds is 3. The van der Waals surface area contributed by atoms with Gasteiger partial charge in [0.05, 0.1) is 22.8 Å². The van der Waals surface area contributed by atoms with E-state index in [2.05, 4.69) is 5.32 Å². The van der Waals surface area contributed by atoms with Crippen molar-refractivity contribution in [2.24, 2.45) is 0 Å². The van der Waals surface area contributed by atoms with Crippen LogP contribution in [-0.4, -0.2) is 36.3 Å². The summed E-state index contributed by atoms with van der Waals surface area (Å²) in [5.74, 6) is -0.445. The number of carbonyl (C=O) groups excluding carboxylic acids is 2. The van der Waals surface area contributed by atoms with E-state index >= 15 is 0 Å². The van der Waals surface area contributed by atoms with Crippen molar-refractivity contribution < 1.29 is 9.59 Å². The Bertz CT molecular complexity index is 499. The van der Waals surface area contributed by atoms with E-state index in [4.69, 9.17) is 17.3 Å². The predicted octanol–water partition coefficient (Wildman–Crippen LogP) is 1.27. The van der Waals surface area contributed by atoms with E-state index in [-0.39, 0.29) is 24.0 Å². The highest BCUT2D eigenvalue weighted by Crippen LogP contribution is 2.22. The molecule has 1 aliphatic heterocycles. The standard InChI is InChI=1S/C13H16ClN3O2/c14-10-5-3-4-9(12(10)15)13(19)16-8-11(18)17-6-1-2-7-17/h3-5H,1-2,6-8,15H2,(H,16,19). The monoisotopic (exact) mass is 281 g/mol. The maximum absolute atomic E-state index is 11.9. The van der Waals surface area contributed by atoms with Gasteiger partial charge in [0.2, 0.25) is 5.91 Å².